The van der Waals surface area contributed by atoms with Crippen molar-refractivity contribution >= 4 is 17.9 Å². The lowest BCUT2D eigenvalue weighted by molar-refractivity contribution is -0.104. The third-order valence-electron chi connectivity index (χ3n) is 0.455. The number of carbonyl (C=O) groups excluding carboxylic acids is 1. The molecule has 0 radical (unpaired) electrons. The fraction of sp³-hybridized carbons (Fsp3) is 0.400. The van der Waals surface area contributed by atoms with Gasteiger partial charge in [0.15, 0.2) is 0 Å². The second-order valence-electron chi connectivity index (χ2n) is 1.20. The highest BCUT2D eigenvalue weighted by Gasteiger charge is 1.81. The summed E-state index contributed by atoms with van der Waals surface area (Å²) in [5.41, 5.74) is 0. The molecule has 2 heteroatoms. The molecule has 0 aromatic carbocycles. The summed E-state index contributed by atoms with van der Waals surface area (Å²) >= 11 is 5.41. The standard InChI is InChI=1S/C5H7ClO/c1-5(6)3-2-4-7/h2-5H,1H3. The van der Waals surface area contributed by atoms with Gasteiger partial charge in [0.25, 0.3) is 0 Å². The second kappa shape index (κ2) is 3.88. The van der Waals surface area contributed by atoms with Crippen LogP contribution in [0.2, 0.25) is 0 Å². The third kappa shape index (κ3) is 5.70. The van der Waals surface area contributed by atoms with Gasteiger partial charge in [-0.05, 0) is 13.0 Å². The van der Waals surface area contributed by atoms with Crippen molar-refractivity contribution in [3.63, 3.8) is 0 Å². The van der Waals surface area contributed by atoms with Crippen LogP contribution in [0.4, 0.5) is 0 Å². The Hall–Kier alpha value is -0.300. The minimum absolute atomic E-state index is 0.0369. The highest BCUT2D eigenvalue weighted by molar-refractivity contribution is 6.21. The van der Waals surface area contributed by atoms with Crippen molar-refractivity contribution in [2.45, 2.75) is 12.3 Å². The first kappa shape index (κ1) is 6.70. The molecule has 1 atom stereocenters. The Balaban J connectivity index is 3.25. The van der Waals surface area contributed by atoms with E-state index in [4.69, 9.17) is 11.6 Å². The van der Waals surface area contributed by atoms with Crippen molar-refractivity contribution in [3.05, 3.63) is 12.2 Å². The number of alkyl halides is 1. The van der Waals surface area contributed by atoms with Gasteiger partial charge in [-0.15, -0.1) is 11.6 Å². The first-order valence-corrected chi connectivity index (χ1v) is 2.47. The molecular formula is C5H7ClO. The predicted molar refractivity (Wildman–Crippen MR) is 30.5 cm³/mol. The smallest absolute Gasteiger partial charge is 0.142 e. The zero-order valence-electron chi connectivity index (χ0n) is 4.10. The fourth-order valence-electron chi connectivity index (χ4n) is 0.198. The minimum Gasteiger partial charge on any atom is -0.299 e. The predicted octanol–water partition coefficient (Wildman–Crippen LogP) is 1.37. The molecule has 7 heavy (non-hydrogen) atoms. The second-order valence-corrected chi connectivity index (χ2v) is 1.89. The molecule has 0 amide bonds. The van der Waals surface area contributed by atoms with E-state index in [1.807, 2.05) is 0 Å². The van der Waals surface area contributed by atoms with E-state index in [2.05, 4.69) is 0 Å². The van der Waals surface area contributed by atoms with E-state index in [-0.39, 0.29) is 5.38 Å². The van der Waals surface area contributed by atoms with Gasteiger partial charge in [-0.3, -0.25) is 4.79 Å². The highest BCUT2D eigenvalue weighted by Crippen LogP contribution is 1.92. The lowest BCUT2D eigenvalue weighted by atomic mass is 10.4. The maximum atomic E-state index is 9.56. The largest absolute Gasteiger partial charge is 0.299 e. The van der Waals surface area contributed by atoms with Crippen molar-refractivity contribution in [1.29, 1.82) is 0 Å². The van der Waals surface area contributed by atoms with Crippen molar-refractivity contribution < 1.29 is 4.79 Å². The van der Waals surface area contributed by atoms with Gasteiger partial charge >= 0.3 is 0 Å². The lowest BCUT2D eigenvalue weighted by Gasteiger charge is -1.83. The van der Waals surface area contributed by atoms with Gasteiger partial charge in [-0.1, -0.05) is 6.08 Å². The van der Waals surface area contributed by atoms with Gasteiger partial charge in [-0.2, -0.15) is 0 Å². The summed E-state index contributed by atoms with van der Waals surface area (Å²) in [6.45, 7) is 1.79. The van der Waals surface area contributed by atoms with Crippen LogP contribution in [-0.4, -0.2) is 11.7 Å². The van der Waals surface area contributed by atoms with Crippen LogP contribution in [-0.2, 0) is 4.79 Å². The monoisotopic (exact) mass is 118 g/mol. The van der Waals surface area contributed by atoms with Crippen molar-refractivity contribution in [2.75, 3.05) is 0 Å². The van der Waals surface area contributed by atoms with Gasteiger partial charge in [-0.25, -0.2) is 0 Å². The van der Waals surface area contributed by atoms with E-state index in [0.717, 1.165) is 0 Å². The van der Waals surface area contributed by atoms with Crippen LogP contribution in [0.15, 0.2) is 12.2 Å². The first-order valence-electron chi connectivity index (χ1n) is 2.03. The van der Waals surface area contributed by atoms with E-state index < -0.39 is 0 Å². The number of hydrogen-bond donors (Lipinski definition) is 0. The SMILES string of the molecule is CC(Cl)C=CC=O. The van der Waals surface area contributed by atoms with Gasteiger partial charge in [0.1, 0.15) is 6.29 Å². The first-order chi connectivity index (χ1) is 3.27. The number of carbonyl (C=O) groups is 1. The Morgan fingerprint density at radius 1 is 1.71 bits per heavy atom. The molecule has 0 bridgehead atoms. The lowest BCUT2D eigenvalue weighted by Crippen LogP contribution is -1.79. The average Bonchev–Trinajstić information content (AvgIpc) is 1.61. The summed E-state index contributed by atoms with van der Waals surface area (Å²) in [5, 5.41) is -0.0369. The Bertz CT molecular complexity index is 76.1. The Labute approximate surface area is 48.0 Å². The average molecular weight is 119 g/mol. The molecule has 0 aliphatic heterocycles. The molecule has 0 spiro atoms. The number of hydrogen-bond acceptors (Lipinski definition) is 1. The van der Waals surface area contributed by atoms with Crippen LogP contribution in [0.1, 0.15) is 6.92 Å². The van der Waals surface area contributed by atoms with E-state index in [1.54, 1.807) is 13.0 Å². The van der Waals surface area contributed by atoms with Crippen LogP contribution in [0.25, 0.3) is 0 Å². The fourth-order valence-corrected chi connectivity index (χ4v) is 0.282. The molecule has 0 fully saturated rings. The van der Waals surface area contributed by atoms with Crippen LogP contribution < -0.4 is 0 Å². The molecule has 1 nitrogen and oxygen atoms in total. The summed E-state index contributed by atoms with van der Waals surface area (Å²) in [5.74, 6) is 0. The number of aldehydes is 1. The minimum atomic E-state index is -0.0369. The van der Waals surface area contributed by atoms with Gasteiger partial charge in [0.05, 0.1) is 0 Å². The van der Waals surface area contributed by atoms with Crippen molar-refractivity contribution in [1.82, 2.24) is 0 Å². The number of halogens is 1. The van der Waals surface area contributed by atoms with E-state index in [1.165, 1.54) is 6.08 Å². The molecule has 0 aromatic rings. The van der Waals surface area contributed by atoms with E-state index in [9.17, 15) is 4.79 Å². The van der Waals surface area contributed by atoms with Crippen molar-refractivity contribution in [2.24, 2.45) is 0 Å². The third-order valence-corrected chi connectivity index (χ3v) is 0.600. The zero-order chi connectivity index (χ0) is 5.70. The Morgan fingerprint density at radius 3 is 2.43 bits per heavy atom. The number of allylic oxidation sites excluding steroid dienone is 2. The molecule has 1 unspecified atom stereocenters. The summed E-state index contributed by atoms with van der Waals surface area (Å²) in [7, 11) is 0. The summed E-state index contributed by atoms with van der Waals surface area (Å²) in [4.78, 5) is 9.56. The molecule has 0 aromatic heterocycles. The number of rotatable bonds is 2. The molecule has 0 saturated carbocycles. The van der Waals surface area contributed by atoms with E-state index >= 15 is 0 Å². The molecule has 0 N–H and O–H groups in total. The normalized spacial score (nSPS) is 14.6. The van der Waals surface area contributed by atoms with Crippen molar-refractivity contribution in [3.8, 4) is 0 Å². The maximum Gasteiger partial charge on any atom is 0.142 e. The quantitative estimate of drug-likeness (QED) is 0.304. The molecule has 0 rings (SSSR count). The zero-order valence-corrected chi connectivity index (χ0v) is 4.85. The summed E-state index contributed by atoms with van der Waals surface area (Å²) in [6.07, 6.45) is 3.71. The van der Waals surface area contributed by atoms with Gasteiger partial charge in [0.2, 0.25) is 0 Å². The maximum absolute atomic E-state index is 9.56. The molecule has 0 saturated heterocycles. The van der Waals surface area contributed by atoms with Crippen LogP contribution in [0, 0.1) is 0 Å². The van der Waals surface area contributed by atoms with Crippen LogP contribution in [0.5, 0.6) is 0 Å². The molecule has 0 aliphatic carbocycles. The molecular weight excluding hydrogens is 112 g/mol. The summed E-state index contributed by atoms with van der Waals surface area (Å²) in [6, 6.07) is 0. The Morgan fingerprint density at radius 2 is 2.29 bits per heavy atom. The highest BCUT2D eigenvalue weighted by atomic mass is 35.5. The Kier molecular flexibility index (Phi) is 3.71. The van der Waals surface area contributed by atoms with Crippen LogP contribution in [0.3, 0.4) is 0 Å². The van der Waals surface area contributed by atoms with E-state index in [0.29, 0.717) is 6.29 Å². The van der Waals surface area contributed by atoms with Gasteiger partial charge < -0.3 is 0 Å². The van der Waals surface area contributed by atoms with Gasteiger partial charge in [0, 0.05) is 5.38 Å². The molecule has 0 aliphatic rings. The topological polar surface area (TPSA) is 17.1 Å². The van der Waals surface area contributed by atoms with Crippen LogP contribution >= 0.6 is 11.6 Å². The summed E-state index contributed by atoms with van der Waals surface area (Å²) < 4.78 is 0. The molecule has 0 heterocycles. The molecule has 40 valence electrons.